The Balaban J connectivity index is 1.42. The van der Waals surface area contributed by atoms with Gasteiger partial charge in [0.15, 0.2) is 5.88 Å². The summed E-state index contributed by atoms with van der Waals surface area (Å²) in [6.45, 7) is 9.52. The van der Waals surface area contributed by atoms with E-state index < -0.39 is 0 Å². The molecule has 6 heteroatoms. The SMILES string of the molecule is CC[C@@H](NC(=O)c1ccc2[nH]c(O)c(C(=Nc3ccc(CN4CCCCC4)cc3)C(C)C)c2c1)c1ccccc1. The van der Waals surface area contributed by atoms with Crippen LogP contribution in [0, 0.1) is 5.92 Å². The van der Waals surface area contributed by atoms with Crippen molar-refractivity contribution in [2.24, 2.45) is 10.9 Å². The molecule has 0 spiro atoms. The van der Waals surface area contributed by atoms with Crippen LogP contribution in [0.5, 0.6) is 5.88 Å². The minimum Gasteiger partial charge on any atom is -0.494 e. The van der Waals surface area contributed by atoms with Crippen LogP contribution < -0.4 is 5.32 Å². The second-order valence-corrected chi connectivity index (χ2v) is 11.1. The number of amides is 1. The number of aromatic nitrogens is 1. The second kappa shape index (κ2) is 12.5. The molecule has 3 aromatic carbocycles. The van der Waals surface area contributed by atoms with Crippen LogP contribution in [-0.2, 0) is 6.54 Å². The molecule has 1 aliphatic rings. The summed E-state index contributed by atoms with van der Waals surface area (Å²) < 4.78 is 0. The van der Waals surface area contributed by atoms with Crippen molar-refractivity contribution >= 4 is 28.2 Å². The molecule has 5 rings (SSSR count). The third kappa shape index (κ3) is 6.28. The lowest BCUT2D eigenvalue weighted by atomic mass is 9.97. The normalized spacial score (nSPS) is 15.4. The number of piperidine rings is 1. The highest BCUT2D eigenvalue weighted by Gasteiger charge is 2.22. The maximum absolute atomic E-state index is 13.3. The van der Waals surface area contributed by atoms with Crippen LogP contribution in [-0.4, -0.2) is 39.7 Å². The van der Waals surface area contributed by atoms with E-state index in [1.54, 1.807) is 6.07 Å². The standard InChI is InChI=1S/C34H40N4O2/c1-4-29(25-11-7-5-8-12-25)36-33(39)26-15-18-30-28(21-26)31(34(40)37-30)32(23(2)3)35-27-16-13-24(14-17-27)22-38-19-9-6-10-20-38/h5,7-8,11-18,21,23,29,37,40H,4,6,9-10,19-20,22H2,1-3H3,(H,36,39)/t29-/m1/s1. The highest BCUT2D eigenvalue weighted by atomic mass is 16.3. The zero-order chi connectivity index (χ0) is 28.1. The van der Waals surface area contributed by atoms with E-state index in [-0.39, 0.29) is 23.7 Å². The Kier molecular flexibility index (Phi) is 8.66. The molecule has 1 aliphatic heterocycles. The average Bonchev–Trinajstić information content (AvgIpc) is 3.30. The molecule has 0 unspecified atom stereocenters. The highest BCUT2D eigenvalue weighted by molar-refractivity contribution is 6.15. The number of fused-ring (bicyclic) bond motifs is 1. The van der Waals surface area contributed by atoms with Crippen molar-refractivity contribution in [3.63, 3.8) is 0 Å². The molecule has 0 bridgehead atoms. The van der Waals surface area contributed by atoms with Gasteiger partial charge < -0.3 is 15.4 Å². The van der Waals surface area contributed by atoms with Crippen LogP contribution >= 0.6 is 0 Å². The van der Waals surface area contributed by atoms with E-state index in [1.807, 2.05) is 42.5 Å². The fraction of sp³-hybridized carbons (Fsp3) is 0.353. The lowest BCUT2D eigenvalue weighted by Gasteiger charge is -2.26. The summed E-state index contributed by atoms with van der Waals surface area (Å²) in [5.74, 6) is -0.0213. The van der Waals surface area contributed by atoms with E-state index in [4.69, 9.17) is 4.99 Å². The summed E-state index contributed by atoms with van der Waals surface area (Å²) in [7, 11) is 0. The molecule has 6 nitrogen and oxygen atoms in total. The van der Waals surface area contributed by atoms with Gasteiger partial charge in [-0.15, -0.1) is 0 Å². The largest absolute Gasteiger partial charge is 0.494 e. The third-order valence-corrected chi connectivity index (χ3v) is 7.80. The number of nitrogens with zero attached hydrogens (tertiary/aromatic N) is 2. The van der Waals surface area contributed by atoms with Gasteiger partial charge in [-0.3, -0.25) is 14.7 Å². The van der Waals surface area contributed by atoms with Crippen molar-refractivity contribution in [2.75, 3.05) is 13.1 Å². The third-order valence-electron chi connectivity index (χ3n) is 7.80. The van der Waals surface area contributed by atoms with E-state index in [0.29, 0.717) is 11.1 Å². The Hall–Kier alpha value is -3.90. The summed E-state index contributed by atoms with van der Waals surface area (Å²) in [5.41, 5.74) is 5.96. The van der Waals surface area contributed by atoms with Crippen molar-refractivity contribution in [3.8, 4) is 5.88 Å². The van der Waals surface area contributed by atoms with Crippen molar-refractivity contribution in [1.82, 2.24) is 15.2 Å². The number of aromatic hydroxyl groups is 1. The lowest BCUT2D eigenvalue weighted by Crippen LogP contribution is -2.28. The molecule has 0 saturated carbocycles. The Morgan fingerprint density at radius 2 is 1.73 bits per heavy atom. The number of aliphatic imine (C=N–C) groups is 1. The molecule has 1 amide bonds. The molecule has 1 aromatic heterocycles. The van der Waals surface area contributed by atoms with E-state index >= 15 is 0 Å². The van der Waals surface area contributed by atoms with Gasteiger partial charge in [-0.05, 0) is 79.7 Å². The fourth-order valence-electron chi connectivity index (χ4n) is 5.59. The first-order chi connectivity index (χ1) is 19.4. The molecule has 0 radical (unpaired) electrons. The predicted molar refractivity (Wildman–Crippen MR) is 164 cm³/mol. The second-order valence-electron chi connectivity index (χ2n) is 11.1. The maximum Gasteiger partial charge on any atom is 0.251 e. The van der Waals surface area contributed by atoms with Gasteiger partial charge >= 0.3 is 0 Å². The number of carbonyl (C=O) groups excluding carboxylic acids is 1. The number of carbonyl (C=O) groups is 1. The van der Waals surface area contributed by atoms with Gasteiger partial charge in [0.2, 0.25) is 0 Å². The summed E-state index contributed by atoms with van der Waals surface area (Å²) in [5, 5.41) is 14.9. The van der Waals surface area contributed by atoms with E-state index in [1.165, 1.54) is 37.9 Å². The van der Waals surface area contributed by atoms with E-state index in [9.17, 15) is 9.90 Å². The zero-order valence-corrected chi connectivity index (χ0v) is 23.8. The van der Waals surface area contributed by atoms with Crippen LogP contribution in [0.3, 0.4) is 0 Å². The number of likely N-dealkylation sites (tertiary alicyclic amines) is 1. The maximum atomic E-state index is 13.3. The molecule has 0 aliphatic carbocycles. The first-order valence-electron chi connectivity index (χ1n) is 14.5. The summed E-state index contributed by atoms with van der Waals surface area (Å²) >= 11 is 0. The molecule has 3 N–H and O–H groups in total. The number of benzene rings is 3. The van der Waals surface area contributed by atoms with Crippen LogP contribution in [0.25, 0.3) is 10.9 Å². The monoisotopic (exact) mass is 536 g/mol. The first-order valence-corrected chi connectivity index (χ1v) is 14.5. The number of hydrogen-bond acceptors (Lipinski definition) is 4. The smallest absolute Gasteiger partial charge is 0.251 e. The topological polar surface area (TPSA) is 80.7 Å². The minimum atomic E-state index is -0.142. The van der Waals surface area contributed by atoms with Crippen molar-refractivity contribution in [3.05, 3.63) is 95.1 Å². The zero-order valence-electron chi connectivity index (χ0n) is 23.8. The lowest BCUT2D eigenvalue weighted by molar-refractivity contribution is 0.0935. The Labute approximate surface area is 237 Å². The highest BCUT2D eigenvalue weighted by Crippen LogP contribution is 2.32. The molecule has 40 heavy (non-hydrogen) atoms. The van der Waals surface area contributed by atoms with Gasteiger partial charge in [0.1, 0.15) is 0 Å². The van der Waals surface area contributed by atoms with Crippen LogP contribution in [0.15, 0.2) is 77.8 Å². The summed E-state index contributed by atoms with van der Waals surface area (Å²) in [6.07, 6.45) is 4.69. The molecular weight excluding hydrogens is 496 g/mol. The fourth-order valence-corrected chi connectivity index (χ4v) is 5.59. The molecule has 1 fully saturated rings. The number of rotatable bonds is 9. The molecule has 208 valence electrons. The van der Waals surface area contributed by atoms with Gasteiger partial charge in [0.25, 0.3) is 5.91 Å². The molecule has 1 atom stereocenters. The average molecular weight is 537 g/mol. The van der Waals surface area contributed by atoms with Gasteiger partial charge in [0, 0.05) is 23.0 Å². The number of nitrogens with one attached hydrogen (secondary N) is 2. The molecule has 4 aromatic rings. The Morgan fingerprint density at radius 1 is 1.00 bits per heavy atom. The van der Waals surface area contributed by atoms with Gasteiger partial charge in [-0.25, -0.2) is 0 Å². The van der Waals surface area contributed by atoms with Crippen LogP contribution in [0.1, 0.15) is 79.5 Å². The predicted octanol–water partition coefficient (Wildman–Crippen LogP) is 7.52. The first kappa shape index (κ1) is 27.7. The summed E-state index contributed by atoms with van der Waals surface area (Å²) in [6, 6.07) is 23.9. The summed E-state index contributed by atoms with van der Waals surface area (Å²) in [4.78, 5) is 23.9. The van der Waals surface area contributed by atoms with Gasteiger partial charge in [-0.1, -0.05) is 69.7 Å². The van der Waals surface area contributed by atoms with E-state index in [2.05, 4.69) is 60.2 Å². The van der Waals surface area contributed by atoms with Gasteiger partial charge in [0.05, 0.1) is 23.0 Å². The van der Waals surface area contributed by atoms with Crippen LogP contribution in [0.4, 0.5) is 5.69 Å². The Morgan fingerprint density at radius 3 is 2.40 bits per heavy atom. The number of hydrogen-bond donors (Lipinski definition) is 3. The minimum absolute atomic E-state index is 0.0537. The van der Waals surface area contributed by atoms with Crippen LogP contribution in [0.2, 0.25) is 0 Å². The van der Waals surface area contributed by atoms with Gasteiger partial charge in [-0.2, -0.15) is 0 Å². The Bertz CT molecular complexity index is 1470. The number of H-pyrrole nitrogens is 1. The van der Waals surface area contributed by atoms with Crippen molar-refractivity contribution in [1.29, 1.82) is 0 Å². The molecular formula is C34H40N4O2. The molecule has 1 saturated heterocycles. The van der Waals surface area contributed by atoms with Crippen molar-refractivity contribution < 1.29 is 9.90 Å². The quantitative estimate of drug-likeness (QED) is 0.194. The van der Waals surface area contributed by atoms with E-state index in [0.717, 1.165) is 40.8 Å². The number of aromatic amines is 1. The van der Waals surface area contributed by atoms with Crippen molar-refractivity contribution in [2.45, 2.75) is 59.0 Å². The molecule has 2 heterocycles.